The second-order valence-corrected chi connectivity index (χ2v) is 3.91. The van der Waals surface area contributed by atoms with Crippen molar-refractivity contribution in [3.05, 3.63) is 12.7 Å². The van der Waals surface area contributed by atoms with Gasteiger partial charge in [-0.1, -0.05) is 19.2 Å². The maximum Gasteiger partial charge on any atom is 0.173 e. The van der Waals surface area contributed by atoms with Crippen LogP contribution >= 0.6 is 0 Å². The number of hydrogen-bond acceptors (Lipinski definition) is 2. The normalized spacial score (nSPS) is 14.2. The van der Waals surface area contributed by atoms with Crippen LogP contribution in [0, 0.1) is 0 Å². The van der Waals surface area contributed by atoms with Crippen LogP contribution in [0.5, 0.6) is 0 Å². The summed E-state index contributed by atoms with van der Waals surface area (Å²) in [6.07, 6.45) is 1.70. The Kier molecular flexibility index (Phi) is 6.90. The third-order valence-electron chi connectivity index (χ3n) is 1.24. The fourth-order valence-corrected chi connectivity index (χ4v) is 1.33. The topological polar surface area (TPSA) is 29.5 Å². The average Bonchev–Trinajstić information content (AvgIpc) is 1.98. The molecule has 1 unspecified atom stereocenters. The Morgan fingerprint density at radius 1 is 1.80 bits per heavy atom. The minimum absolute atomic E-state index is 0.175. The molecule has 1 atom stereocenters. The van der Waals surface area contributed by atoms with Crippen molar-refractivity contribution in [3.8, 4) is 0 Å². The molecule has 1 N–H and O–H groups in total. The zero-order valence-electron chi connectivity index (χ0n) is 6.55. The summed E-state index contributed by atoms with van der Waals surface area (Å²) in [4.78, 5) is 0. The van der Waals surface area contributed by atoms with Gasteiger partial charge in [-0.25, -0.2) is 0 Å². The first-order valence-corrected chi connectivity index (χ1v) is 6.15. The lowest BCUT2D eigenvalue weighted by Gasteiger charge is -2.05. The van der Waals surface area contributed by atoms with Crippen LogP contribution in [0.3, 0.4) is 0 Å². The van der Waals surface area contributed by atoms with Gasteiger partial charge in [-0.2, -0.15) is 0 Å². The van der Waals surface area contributed by atoms with E-state index in [9.17, 15) is 0 Å². The summed E-state index contributed by atoms with van der Waals surface area (Å²) in [5.41, 5.74) is 0. The fraction of sp³-hybridized carbons (Fsp3) is 0.714. The Morgan fingerprint density at radius 2 is 2.50 bits per heavy atom. The maximum atomic E-state index is 8.83. The summed E-state index contributed by atoms with van der Waals surface area (Å²) in [5.74, 6) is 0. The summed E-state index contributed by atoms with van der Waals surface area (Å²) in [5, 5.41) is 8.83. The van der Waals surface area contributed by atoms with E-state index in [1.165, 1.54) is 12.1 Å². The summed E-state index contributed by atoms with van der Waals surface area (Å²) < 4.78 is 4.95. The molecule has 0 aromatic heterocycles. The first kappa shape index (κ1) is 9.88. The van der Waals surface area contributed by atoms with E-state index in [1.807, 2.05) is 0 Å². The van der Waals surface area contributed by atoms with Crippen LogP contribution in [-0.4, -0.2) is 27.5 Å². The van der Waals surface area contributed by atoms with Crippen molar-refractivity contribution in [2.24, 2.45) is 0 Å². The van der Waals surface area contributed by atoms with Gasteiger partial charge in [-0.3, -0.25) is 0 Å². The Labute approximate surface area is 64.7 Å². The largest absolute Gasteiger partial charge is 0.365 e. The van der Waals surface area contributed by atoms with Crippen molar-refractivity contribution < 1.29 is 9.84 Å². The third-order valence-corrected chi connectivity index (χ3v) is 2.45. The summed E-state index contributed by atoms with van der Waals surface area (Å²) >= 11 is 0. The van der Waals surface area contributed by atoms with Crippen molar-refractivity contribution in [3.63, 3.8) is 0 Å². The highest BCUT2D eigenvalue weighted by molar-refractivity contribution is 6.33. The second kappa shape index (κ2) is 6.99. The highest BCUT2D eigenvalue weighted by Crippen LogP contribution is 1.93. The van der Waals surface area contributed by atoms with Gasteiger partial charge in [-0.05, 0) is 12.5 Å². The minimum atomic E-state index is -0.765. The zero-order valence-corrected chi connectivity index (χ0v) is 7.96. The number of hydrogen-bond donors (Lipinski definition) is 1. The maximum absolute atomic E-state index is 8.83. The number of rotatable bonds is 6. The van der Waals surface area contributed by atoms with Gasteiger partial charge in [0.2, 0.25) is 0 Å². The molecule has 0 spiro atoms. The molecule has 2 nitrogen and oxygen atoms in total. The van der Waals surface area contributed by atoms with Crippen LogP contribution < -0.4 is 0 Å². The smallest absolute Gasteiger partial charge is 0.173 e. The van der Waals surface area contributed by atoms with E-state index in [0.29, 0.717) is 6.61 Å². The fourth-order valence-electron chi connectivity index (χ4n) is 0.624. The predicted molar refractivity (Wildman–Crippen MR) is 46.0 cm³/mol. The molecule has 0 fully saturated rings. The monoisotopic (exact) mass is 160 g/mol. The first-order chi connectivity index (χ1) is 4.81. The van der Waals surface area contributed by atoms with E-state index in [1.54, 1.807) is 0 Å². The van der Waals surface area contributed by atoms with Crippen LogP contribution in [0.1, 0.15) is 6.42 Å². The van der Waals surface area contributed by atoms with E-state index in [4.69, 9.17) is 9.84 Å². The lowest BCUT2D eigenvalue weighted by Crippen LogP contribution is -2.08. The van der Waals surface area contributed by atoms with Gasteiger partial charge < -0.3 is 9.84 Å². The van der Waals surface area contributed by atoms with Gasteiger partial charge in [0.15, 0.2) is 6.29 Å². The van der Waals surface area contributed by atoms with E-state index in [0.717, 1.165) is 6.42 Å². The Hall–Kier alpha value is -0.123. The summed E-state index contributed by atoms with van der Waals surface area (Å²) in [6, 6.07) is 1.30. The Bertz CT molecular complexity index is 85.7. The second-order valence-electron chi connectivity index (χ2n) is 2.20. The van der Waals surface area contributed by atoms with Crippen molar-refractivity contribution in [2.45, 2.75) is 25.3 Å². The van der Waals surface area contributed by atoms with E-state index < -0.39 is 6.29 Å². The average molecular weight is 160 g/mol. The number of aliphatic hydroxyl groups excluding tert-OH is 1. The van der Waals surface area contributed by atoms with Gasteiger partial charge >= 0.3 is 0 Å². The summed E-state index contributed by atoms with van der Waals surface area (Å²) in [7, 11) is 0.175. The molecule has 0 bridgehead atoms. The lowest BCUT2D eigenvalue weighted by atomic mass is 10.5. The molecule has 0 aromatic carbocycles. The molecule has 0 saturated heterocycles. The highest BCUT2D eigenvalue weighted by Gasteiger charge is 1.94. The van der Waals surface area contributed by atoms with Gasteiger partial charge in [-0.15, -0.1) is 0 Å². The molecule has 0 aliphatic heterocycles. The van der Waals surface area contributed by atoms with Gasteiger partial charge in [0.1, 0.15) is 0 Å². The Morgan fingerprint density at radius 3 is 3.00 bits per heavy atom. The molecule has 10 heavy (non-hydrogen) atoms. The molecule has 0 radical (unpaired) electrons. The van der Waals surface area contributed by atoms with Gasteiger partial charge in [0.25, 0.3) is 0 Å². The molecular formula is C7H16O2Si. The predicted octanol–water partition coefficient (Wildman–Crippen LogP) is 0.533. The molecule has 0 saturated carbocycles. The summed E-state index contributed by atoms with van der Waals surface area (Å²) in [6.45, 7) is 6.32. The molecule has 0 rings (SSSR count). The minimum Gasteiger partial charge on any atom is -0.365 e. The van der Waals surface area contributed by atoms with E-state index in [-0.39, 0.29) is 9.52 Å². The molecule has 0 aromatic rings. The molecule has 3 heteroatoms. The molecule has 60 valence electrons. The van der Waals surface area contributed by atoms with Crippen LogP contribution in [-0.2, 0) is 4.74 Å². The van der Waals surface area contributed by atoms with Crippen LogP contribution in [0.25, 0.3) is 0 Å². The first-order valence-electron chi connectivity index (χ1n) is 3.73. The molecular weight excluding hydrogens is 144 g/mol. The molecule has 0 heterocycles. The molecule has 0 amide bonds. The highest BCUT2D eigenvalue weighted by atomic mass is 28.2. The quantitative estimate of drug-likeness (QED) is 0.266. The zero-order chi connectivity index (χ0) is 7.82. The third kappa shape index (κ3) is 6.00. The van der Waals surface area contributed by atoms with Crippen molar-refractivity contribution in [1.29, 1.82) is 0 Å². The number of aliphatic hydroxyl groups is 1. The van der Waals surface area contributed by atoms with Crippen LogP contribution in [0.15, 0.2) is 12.7 Å². The van der Waals surface area contributed by atoms with Gasteiger partial charge in [0.05, 0.1) is 0 Å². The SMILES string of the molecule is C=CC(O)OCCC[SiH2]C. The Balaban J connectivity index is 2.95. The van der Waals surface area contributed by atoms with Crippen molar-refractivity contribution in [2.75, 3.05) is 6.61 Å². The van der Waals surface area contributed by atoms with E-state index in [2.05, 4.69) is 13.1 Å². The van der Waals surface area contributed by atoms with Crippen LogP contribution in [0.4, 0.5) is 0 Å². The molecule has 0 aliphatic carbocycles. The molecule has 0 aliphatic rings. The van der Waals surface area contributed by atoms with Crippen molar-refractivity contribution >= 4 is 9.52 Å². The van der Waals surface area contributed by atoms with Gasteiger partial charge in [0, 0.05) is 16.1 Å². The van der Waals surface area contributed by atoms with E-state index >= 15 is 0 Å². The lowest BCUT2D eigenvalue weighted by molar-refractivity contribution is -0.0634. The number of ether oxygens (including phenoxy) is 1. The van der Waals surface area contributed by atoms with Crippen LogP contribution in [0.2, 0.25) is 12.6 Å². The van der Waals surface area contributed by atoms with Crippen molar-refractivity contribution in [1.82, 2.24) is 0 Å². The standard InChI is InChI=1S/C7H16O2Si/c1-3-7(8)9-5-4-6-10-2/h3,7-8H,1,4-6,10H2,2H3.